The molecule has 17 heavy (non-hydrogen) atoms. The van der Waals surface area contributed by atoms with Gasteiger partial charge in [0.15, 0.2) is 9.84 Å². The van der Waals surface area contributed by atoms with E-state index in [1.807, 2.05) is 0 Å². The average molecular weight is 260 g/mol. The topological polar surface area (TPSA) is 60.4 Å². The van der Waals surface area contributed by atoms with Crippen LogP contribution < -0.4 is 0 Å². The van der Waals surface area contributed by atoms with Gasteiger partial charge in [0.2, 0.25) is 0 Å². The summed E-state index contributed by atoms with van der Waals surface area (Å²) in [6.07, 6.45) is 5.60. The van der Waals surface area contributed by atoms with Crippen molar-refractivity contribution >= 4 is 15.8 Å². The molecule has 0 N–H and O–H groups in total. The molecule has 2 rings (SSSR count). The van der Waals surface area contributed by atoms with Crippen molar-refractivity contribution in [1.29, 1.82) is 0 Å². The largest absolute Gasteiger partial charge is 0.469 e. The number of hydrogen-bond donors (Lipinski definition) is 0. The quantitative estimate of drug-likeness (QED) is 0.709. The molecule has 0 aromatic carbocycles. The van der Waals surface area contributed by atoms with Crippen molar-refractivity contribution in [1.82, 2.24) is 0 Å². The van der Waals surface area contributed by atoms with Crippen LogP contribution in [0.2, 0.25) is 0 Å². The summed E-state index contributed by atoms with van der Waals surface area (Å²) >= 11 is 0. The zero-order chi connectivity index (χ0) is 12.5. The first kappa shape index (κ1) is 12.9. The average Bonchev–Trinajstić information content (AvgIpc) is 2.69. The van der Waals surface area contributed by atoms with E-state index in [1.165, 1.54) is 7.11 Å². The van der Waals surface area contributed by atoms with E-state index >= 15 is 0 Å². The van der Waals surface area contributed by atoms with Gasteiger partial charge >= 0.3 is 5.97 Å². The van der Waals surface area contributed by atoms with Gasteiger partial charge in [-0.2, -0.15) is 0 Å². The van der Waals surface area contributed by atoms with Crippen molar-refractivity contribution < 1.29 is 17.9 Å². The molecule has 1 heterocycles. The molecule has 0 aromatic rings. The van der Waals surface area contributed by atoms with Crippen LogP contribution in [0.4, 0.5) is 0 Å². The van der Waals surface area contributed by atoms with Crippen LogP contribution in [0.5, 0.6) is 0 Å². The summed E-state index contributed by atoms with van der Waals surface area (Å²) in [6, 6.07) is 0. The van der Waals surface area contributed by atoms with E-state index < -0.39 is 20.5 Å². The van der Waals surface area contributed by atoms with E-state index in [0.717, 1.165) is 19.3 Å². The van der Waals surface area contributed by atoms with E-state index in [-0.39, 0.29) is 11.7 Å². The van der Waals surface area contributed by atoms with Crippen LogP contribution in [-0.4, -0.2) is 32.5 Å². The molecule has 1 aliphatic carbocycles. The Balaban J connectivity index is 2.36. The third kappa shape index (κ3) is 2.09. The van der Waals surface area contributed by atoms with Crippen molar-refractivity contribution in [2.24, 2.45) is 5.41 Å². The maximum absolute atomic E-state index is 12.1. The predicted octanol–water partition coefficient (Wildman–Crippen LogP) is 1.69. The first-order valence-corrected chi connectivity index (χ1v) is 8.04. The Bertz CT molecular complexity index is 393. The first-order chi connectivity index (χ1) is 8.03. The lowest BCUT2D eigenvalue weighted by Gasteiger charge is -2.38. The van der Waals surface area contributed by atoms with Gasteiger partial charge in [-0.1, -0.05) is 19.3 Å². The van der Waals surface area contributed by atoms with Gasteiger partial charge in [0.25, 0.3) is 0 Å². The van der Waals surface area contributed by atoms with E-state index in [4.69, 9.17) is 4.74 Å². The van der Waals surface area contributed by atoms with E-state index in [1.54, 1.807) is 0 Å². The highest BCUT2D eigenvalue weighted by molar-refractivity contribution is 7.92. The summed E-state index contributed by atoms with van der Waals surface area (Å²) in [5, 5.41) is -0.497. The molecular weight excluding hydrogens is 240 g/mol. The molecule has 2 aliphatic rings. The molecule has 5 heteroatoms. The number of esters is 1. The van der Waals surface area contributed by atoms with E-state index in [9.17, 15) is 13.2 Å². The minimum Gasteiger partial charge on any atom is -0.469 e. The van der Waals surface area contributed by atoms with Crippen molar-refractivity contribution in [3.05, 3.63) is 0 Å². The van der Waals surface area contributed by atoms with Crippen LogP contribution in [0.25, 0.3) is 0 Å². The maximum atomic E-state index is 12.1. The first-order valence-electron chi connectivity index (χ1n) is 6.33. The molecule has 1 saturated heterocycles. The molecule has 4 nitrogen and oxygen atoms in total. The highest BCUT2D eigenvalue weighted by Crippen LogP contribution is 2.47. The lowest BCUT2D eigenvalue weighted by Crippen LogP contribution is -2.46. The fourth-order valence-electron chi connectivity index (χ4n) is 3.46. The Morgan fingerprint density at radius 1 is 1.18 bits per heavy atom. The summed E-state index contributed by atoms with van der Waals surface area (Å²) in [4.78, 5) is 12.1. The number of carbonyl (C=O) groups excluding carboxylic acids is 1. The monoisotopic (exact) mass is 260 g/mol. The van der Waals surface area contributed by atoms with Crippen LogP contribution >= 0.6 is 0 Å². The third-order valence-corrected chi connectivity index (χ3v) is 6.69. The number of rotatable bonds is 2. The Hall–Kier alpha value is -0.580. The molecule has 1 atom stereocenters. The normalized spacial score (nSPS) is 31.0. The molecule has 98 valence electrons. The summed E-state index contributed by atoms with van der Waals surface area (Å²) < 4.78 is 29.1. The third-order valence-electron chi connectivity index (χ3n) is 4.28. The Labute approximate surface area is 103 Å². The van der Waals surface area contributed by atoms with Gasteiger partial charge in [0, 0.05) is 0 Å². The van der Waals surface area contributed by atoms with Crippen molar-refractivity contribution in [2.75, 3.05) is 12.9 Å². The summed E-state index contributed by atoms with van der Waals surface area (Å²) in [6.45, 7) is 0. The van der Waals surface area contributed by atoms with Crippen molar-refractivity contribution in [2.45, 2.75) is 50.2 Å². The Morgan fingerprint density at radius 3 is 2.29 bits per heavy atom. The molecule has 1 aliphatic heterocycles. The van der Waals surface area contributed by atoms with Gasteiger partial charge in [-0.3, -0.25) is 4.79 Å². The molecule has 0 spiro atoms. The van der Waals surface area contributed by atoms with Crippen LogP contribution in [0, 0.1) is 5.41 Å². The fourth-order valence-corrected chi connectivity index (χ4v) is 5.85. The summed E-state index contributed by atoms with van der Waals surface area (Å²) in [5.41, 5.74) is -0.748. The van der Waals surface area contributed by atoms with E-state index in [0.29, 0.717) is 25.7 Å². The van der Waals surface area contributed by atoms with Gasteiger partial charge in [-0.15, -0.1) is 0 Å². The molecule has 0 unspecified atom stereocenters. The minimum absolute atomic E-state index is 0.233. The Kier molecular flexibility index (Phi) is 3.48. The maximum Gasteiger partial charge on any atom is 0.313 e. The summed E-state index contributed by atoms with van der Waals surface area (Å²) in [7, 11) is -1.74. The lowest BCUT2D eigenvalue weighted by atomic mass is 9.70. The van der Waals surface area contributed by atoms with Gasteiger partial charge < -0.3 is 4.74 Å². The minimum atomic E-state index is -3.10. The molecular formula is C12H20O4S. The fraction of sp³-hybridized carbons (Fsp3) is 0.917. The second kappa shape index (κ2) is 4.59. The zero-order valence-corrected chi connectivity index (χ0v) is 11.1. The molecule has 0 bridgehead atoms. The second-order valence-corrected chi connectivity index (χ2v) is 7.51. The molecule has 2 fully saturated rings. The number of methoxy groups -OCH3 is 1. The number of sulfone groups is 1. The van der Waals surface area contributed by atoms with Gasteiger partial charge in [-0.05, 0) is 25.7 Å². The molecule has 0 amide bonds. The van der Waals surface area contributed by atoms with Crippen molar-refractivity contribution in [3.8, 4) is 0 Å². The number of carbonyl (C=O) groups is 1. The standard InChI is InChI=1S/C12H20O4S/c1-16-11(13)12(7-3-2-4-8-12)10-6-5-9-17(10,14)15/h10H,2-9H2,1H3/t10-/m0/s1. The lowest BCUT2D eigenvalue weighted by molar-refractivity contribution is -0.155. The predicted molar refractivity (Wildman–Crippen MR) is 64.3 cm³/mol. The number of hydrogen-bond acceptors (Lipinski definition) is 4. The smallest absolute Gasteiger partial charge is 0.313 e. The molecule has 0 radical (unpaired) electrons. The van der Waals surface area contributed by atoms with Crippen LogP contribution in [0.3, 0.4) is 0 Å². The second-order valence-electron chi connectivity index (χ2n) is 5.21. The van der Waals surface area contributed by atoms with Crippen molar-refractivity contribution in [3.63, 3.8) is 0 Å². The van der Waals surface area contributed by atoms with Crippen LogP contribution in [0.15, 0.2) is 0 Å². The van der Waals surface area contributed by atoms with Crippen LogP contribution in [-0.2, 0) is 19.4 Å². The zero-order valence-electron chi connectivity index (χ0n) is 10.3. The summed E-state index contributed by atoms with van der Waals surface area (Å²) in [5.74, 6) is -0.0798. The number of ether oxygens (including phenoxy) is 1. The van der Waals surface area contributed by atoms with E-state index in [2.05, 4.69) is 0 Å². The molecule has 1 saturated carbocycles. The highest BCUT2D eigenvalue weighted by atomic mass is 32.2. The van der Waals surface area contributed by atoms with Gasteiger partial charge in [-0.25, -0.2) is 8.42 Å². The SMILES string of the molecule is COC(=O)C1([C@@H]2CCCS2(=O)=O)CCCCC1. The van der Waals surface area contributed by atoms with Gasteiger partial charge in [0.05, 0.1) is 23.5 Å². The van der Waals surface area contributed by atoms with Crippen LogP contribution in [0.1, 0.15) is 44.9 Å². The molecule has 0 aromatic heterocycles. The highest BCUT2D eigenvalue weighted by Gasteiger charge is 2.54. The Morgan fingerprint density at radius 2 is 1.82 bits per heavy atom. The van der Waals surface area contributed by atoms with Gasteiger partial charge in [0.1, 0.15) is 0 Å².